The molecule has 1 aromatic rings. The van der Waals surface area contributed by atoms with Crippen molar-refractivity contribution in [3.05, 3.63) is 35.1 Å². The Morgan fingerprint density at radius 3 is 2.65 bits per heavy atom. The smallest absolute Gasteiger partial charge is 0.138 e. The standard InChI is InChI=1S/C14H18FNS/c1-14(2,3)17-10-11-6-7-13(15)12(9-11)5-4-8-16/h6-7,9H,8,10,16H2,1-3H3. The van der Waals surface area contributed by atoms with Crippen LogP contribution in [0.3, 0.4) is 0 Å². The molecule has 0 saturated carbocycles. The minimum Gasteiger partial charge on any atom is -0.320 e. The second-order valence-electron chi connectivity index (χ2n) is 4.72. The summed E-state index contributed by atoms with van der Waals surface area (Å²) in [5.74, 6) is 6.01. The molecule has 1 aromatic carbocycles. The molecule has 0 heterocycles. The minimum atomic E-state index is -0.282. The van der Waals surface area contributed by atoms with E-state index in [9.17, 15) is 4.39 Å². The maximum atomic E-state index is 13.4. The van der Waals surface area contributed by atoms with E-state index in [4.69, 9.17) is 5.73 Å². The van der Waals surface area contributed by atoms with Crippen LogP contribution in [-0.2, 0) is 5.75 Å². The first-order chi connectivity index (χ1) is 7.92. The van der Waals surface area contributed by atoms with Gasteiger partial charge in [0.05, 0.1) is 12.1 Å². The normalized spacial score (nSPS) is 10.9. The molecule has 17 heavy (non-hydrogen) atoms. The average molecular weight is 251 g/mol. The summed E-state index contributed by atoms with van der Waals surface area (Å²) in [7, 11) is 0. The number of hydrogen-bond acceptors (Lipinski definition) is 2. The predicted octanol–water partition coefficient (Wildman–Crippen LogP) is 3.17. The highest BCUT2D eigenvalue weighted by atomic mass is 32.2. The van der Waals surface area contributed by atoms with E-state index in [1.807, 2.05) is 17.8 Å². The zero-order valence-corrected chi connectivity index (χ0v) is 11.3. The Hall–Kier alpha value is -0.980. The Morgan fingerprint density at radius 2 is 2.06 bits per heavy atom. The maximum absolute atomic E-state index is 13.4. The molecular weight excluding hydrogens is 233 g/mol. The van der Waals surface area contributed by atoms with E-state index in [1.165, 1.54) is 6.07 Å². The van der Waals surface area contributed by atoms with Crippen molar-refractivity contribution < 1.29 is 4.39 Å². The molecule has 0 aliphatic carbocycles. The number of thioether (sulfide) groups is 1. The Morgan fingerprint density at radius 1 is 1.35 bits per heavy atom. The third-order valence-corrected chi connectivity index (χ3v) is 3.37. The Balaban J connectivity index is 2.82. The fourth-order valence-electron chi connectivity index (χ4n) is 1.20. The summed E-state index contributed by atoms with van der Waals surface area (Å²) in [5, 5.41) is 0. The third-order valence-electron chi connectivity index (χ3n) is 2.03. The molecule has 0 bridgehead atoms. The van der Waals surface area contributed by atoms with Crippen LogP contribution in [0.2, 0.25) is 0 Å². The highest BCUT2D eigenvalue weighted by molar-refractivity contribution is 7.99. The number of benzene rings is 1. The van der Waals surface area contributed by atoms with Gasteiger partial charge in [-0.25, -0.2) is 4.39 Å². The van der Waals surface area contributed by atoms with Gasteiger partial charge in [0.25, 0.3) is 0 Å². The fourth-order valence-corrected chi connectivity index (χ4v) is 1.98. The lowest BCUT2D eigenvalue weighted by atomic mass is 10.1. The molecule has 0 amide bonds. The molecule has 0 atom stereocenters. The zero-order chi connectivity index (χ0) is 12.9. The molecule has 3 heteroatoms. The van der Waals surface area contributed by atoms with Crippen molar-refractivity contribution >= 4 is 11.8 Å². The minimum absolute atomic E-state index is 0.206. The van der Waals surface area contributed by atoms with E-state index in [-0.39, 0.29) is 17.1 Å². The molecule has 0 aromatic heterocycles. The van der Waals surface area contributed by atoms with Crippen molar-refractivity contribution in [3.63, 3.8) is 0 Å². The fraction of sp³-hybridized carbons (Fsp3) is 0.429. The molecule has 2 N–H and O–H groups in total. The van der Waals surface area contributed by atoms with Gasteiger partial charge in [-0.3, -0.25) is 0 Å². The maximum Gasteiger partial charge on any atom is 0.138 e. The first-order valence-corrected chi connectivity index (χ1v) is 6.52. The third kappa shape index (κ3) is 5.25. The molecule has 0 fully saturated rings. The Bertz CT molecular complexity index is 438. The lowest BCUT2D eigenvalue weighted by Gasteiger charge is -2.17. The van der Waals surface area contributed by atoms with Gasteiger partial charge in [0.2, 0.25) is 0 Å². The summed E-state index contributed by atoms with van der Waals surface area (Å²) in [6.45, 7) is 6.74. The van der Waals surface area contributed by atoms with Crippen molar-refractivity contribution in [2.75, 3.05) is 6.54 Å². The van der Waals surface area contributed by atoms with Crippen LogP contribution in [0.4, 0.5) is 4.39 Å². The molecule has 92 valence electrons. The Labute approximate surface area is 107 Å². The van der Waals surface area contributed by atoms with Crippen molar-refractivity contribution in [2.24, 2.45) is 5.73 Å². The molecule has 0 aliphatic heterocycles. The zero-order valence-electron chi connectivity index (χ0n) is 10.5. The van der Waals surface area contributed by atoms with E-state index in [1.54, 1.807) is 6.07 Å². The Kier molecular flexibility index (Phi) is 5.04. The topological polar surface area (TPSA) is 26.0 Å². The van der Waals surface area contributed by atoms with Gasteiger partial charge in [-0.2, -0.15) is 11.8 Å². The first kappa shape index (κ1) is 14.1. The first-order valence-electron chi connectivity index (χ1n) is 5.54. The van der Waals surface area contributed by atoms with Gasteiger partial charge in [0.1, 0.15) is 5.82 Å². The quantitative estimate of drug-likeness (QED) is 0.817. The van der Waals surface area contributed by atoms with E-state index >= 15 is 0 Å². The van der Waals surface area contributed by atoms with Crippen LogP contribution in [-0.4, -0.2) is 11.3 Å². The second kappa shape index (κ2) is 6.09. The van der Waals surface area contributed by atoms with Gasteiger partial charge >= 0.3 is 0 Å². The van der Waals surface area contributed by atoms with Gasteiger partial charge in [-0.15, -0.1) is 0 Å². The molecule has 0 spiro atoms. The molecule has 0 radical (unpaired) electrons. The van der Waals surface area contributed by atoms with Crippen LogP contribution in [0, 0.1) is 17.7 Å². The van der Waals surface area contributed by atoms with E-state index < -0.39 is 0 Å². The average Bonchev–Trinajstić information content (AvgIpc) is 2.25. The van der Waals surface area contributed by atoms with Gasteiger partial charge in [-0.05, 0) is 17.7 Å². The van der Waals surface area contributed by atoms with Crippen LogP contribution < -0.4 is 5.73 Å². The lowest BCUT2D eigenvalue weighted by molar-refractivity contribution is 0.624. The molecule has 0 aliphatic rings. The summed E-state index contributed by atoms with van der Waals surface area (Å²) in [4.78, 5) is 0. The predicted molar refractivity (Wildman–Crippen MR) is 73.4 cm³/mol. The van der Waals surface area contributed by atoms with Gasteiger partial charge in [0.15, 0.2) is 0 Å². The highest BCUT2D eigenvalue weighted by Crippen LogP contribution is 2.27. The van der Waals surface area contributed by atoms with Crippen molar-refractivity contribution in [1.29, 1.82) is 0 Å². The summed E-state index contributed by atoms with van der Waals surface area (Å²) >= 11 is 1.83. The molecule has 0 saturated heterocycles. The molecule has 1 nitrogen and oxygen atoms in total. The van der Waals surface area contributed by atoms with E-state index in [0.717, 1.165) is 11.3 Å². The number of rotatable bonds is 2. The van der Waals surface area contributed by atoms with Crippen molar-refractivity contribution in [2.45, 2.75) is 31.3 Å². The van der Waals surface area contributed by atoms with E-state index in [2.05, 4.69) is 32.6 Å². The van der Waals surface area contributed by atoms with Crippen LogP contribution in [0.15, 0.2) is 18.2 Å². The number of halogens is 1. The molecular formula is C14H18FNS. The summed E-state index contributed by atoms with van der Waals surface area (Å²) in [6, 6.07) is 5.08. The SMILES string of the molecule is CC(C)(C)SCc1ccc(F)c(C#CCN)c1. The monoisotopic (exact) mass is 251 g/mol. The van der Waals surface area contributed by atoms with Crippen LogP contribution >= 0.6 is 11.8 Å². The lowest BCUT2D eigenvalue weighted by Crippen LogP contribution is -2.07. The summed E-state index contributed by atoms with van der Waals surface area (Å²) in [6.07, 6.45) is 0. The largest absolute Gasteiger partial charge is 0.320 e. The van der Waals surface area contributed by atoms with Crippen LogP contribution in [0.25, 0.3) is 0 Å². The summed E-state index contributed by atoms with van der Waals surface area (Å²) in [5.41, 5.74) is 6.80. The van der Waals surface area contributed by atoms with Crippen LogP contribution in [0.5, 0.6) is 0 Å². The van der Waals surface area contributed by atoms with Crippen molar-refractivity contribution in [1.82, 2.24) is 0 Å². The number of nitrogens with two attached hydrogens (primary N) is 1. The van der Waals surface area contributed by atoms with E-state index in [0.29, 0.717) is 5.56 Å². The summed E-state index contributed by atoms with van der Waals surface area (Å²) < 4.78 is 13.6. The number of hydrogen-bond donors (Lipinski definition) is 1. The second-order valence-corrected chi connectivity index (χ2v) is 6.52. The van der Waals surface area contributed by atoms with Crippen molar-refractivity contribution in [3.8, 4) is 11.8 Å². The highest BCUT2D eigenvalue weighted by Gasteiger charge is 2.11. The van der Waals surface area contributed by atoms with Gasteiger partial charge < -0.3 is 5.73 Å². The van der Waals surface area contributed by atoms with Gasteiger partial charge in [-0.1, -0.05) is 38.7 Å². The molecule has 1 rings (SSSR count). The molecule has 0 unspecified atom stereocenters. The van der Waals surface area contributed by atoms with Gasteiger partial charge in [0, 0.05) is 10.5 Å². The van der Waals surface area contributed by atoms with Crippen LogP contribution in [0.1, 0.15) is 31.9 Å².